The maximum atomic E-state index is 14.3. The fourth-order valence-electron chi connectivity index (χ4n) is 7.42. The number of hydrogen-bond acceptors (Lipinski definition) is 9. The van der Waals surface area contributed by atoms with Gasteiger partial charge in [-0.2, -0.15) is 22.7 Å². The van der Waals surface area contributed by atoms with Crippen molar-refractivity contribution < 1.29 is 32.6 Å². The Morgan fingerprint density at radius 3 is 2.67 bits per heavy atom. The van der Waals surface area contributed by atoms with Gasteiger partial charge in [-0.05, 0) is 76.0 Å². The summed E-state index contributed by atoms with van der Waals surface area (Å²) in [5.41, 5.74) is 0.667. The molecule has 0 spiro atoms. The second-order valence-electron chi connectivity index (χ2n) is 12.9. The molecule has 2 amide bonds. The van der Waals surface area contributed by atoms with E-state index in [1.165, 1.54) is 10.8 Å². The number of fused-ring (bicyclic) bond motifs is 2. The summed E-state index contributed by atoms with van der Waals surface area (Å²) in [5.74, 6) is -1.25. The predicted octanol–water partition coefficient (Wildman–Crippen LogP) is 4.78. The highest BCUT2D eigenvalue weighted by molar-refractivity contribution is 6.33. The second-order valence-corrected chi connectivity index (χ2v) is 13.3. The highest BCUT2D eigenvalue weighted by atomic mass is 35.5. The fourth-order valence-corrected chi connectivity index (χ4v) is 7.65. The molecular weight excluding hydrogens is 693 g/mol. The lowest BCUT2D eigenvalue weighted by molar-refractivity contribution is -0.137. The van der Waals surface area contributed by atoms with Crippen molar-refractivity contribution in [3.05, 3.63) is 80.0 Å². The van der Waals surface area contributed by atoms with Crippen molar-refractivity contribution in [1.29, 1.82) is 0 Å². The van der Waals surface area contributed by atoms with Crippen LogP contribution in [-0.4, -0.2) is 76.8 Å². The number of nitrogens with one attached hydrogen (secondary N) is 1. The van der Waals surface area contributed by atoms with Crippen LogP contribution in [0.3, 0.4) is 0 Å². The van der Waals surface area contributed by atoms with E-state index >= 15 is 0 Å². The van der Waals surface area contributed by atoms with E-state index in [2.05, 4.69) is 25.4 Å². The minimum Gasteiger partial charge on any atom is -0.504 e. The van der Waals surface area contributed by atoms with Crippen molar-refractivity contribution >= 4 is 40.5 Å². The molecule has 3 aliphatic rings. The van der Waals surface area contributed by atoms with Gasteiger partial charge in [0.15, 0.2) is 17.3 Å². The standard InChI is InChI=1S/C34H34ClF3N8O5/c1-3-44(32(50)28-29(48)17(2)39-16-40-28)24-10-7-20(24)21-8-11-25-27(21)31(49)46-33(42-30(43-46)18-5-4-12-51-15-18)45(25)14-26(47)41-23-9-6-19(13-22(23)35)34(36,37)38/h5-6,9,13,16,20-21,24,48H,3-4,7-8,10-12,14-15H2,1-2H3,(H,41,47). The number of rotatable bonds is 8. The smallest absolute Gasteiger partial charge is 0.416 e. The van der Waals surface area contributed by atoms with Crippen LogP contribution in [0.5, 0.6) is 5.75 Å². The van der Waals surface area contributed by atoms with Crippen LogP contribution < -0.4 is 10.9 Å². The van der Waals surface area contributed by atoms with Gasteiger partial charge >= 0.3 is 6.18 Å². The van der Waals surface area contributed by atoms with Crippen LogP contribution in [0.1, 0.15) is 77.4 Å². The van der Waals surface area contributed by atoms with E-state index in [-0.39, 0.29) is 76.0 Å². The van der Waals surface area contributed by atoms with Crippen molar-refractivity contribution in [2.45, 2.75) is 70.6 Å². The number of aromatic hydroxyl groups is 1. The van der Waals surface area contributed by atoms with E-state index in [1.807, 2.05) is 13.0 Å². The molecule has 0 bridgehead atoms. The molecule has 1 aliphatic heterocycles. The van der Waals surface area contributed by atoms with Crippen LogP contribution in [0.4, 0.5) is 18.9 Å². The van der Waals surface area contributed by atoms with Crippen molar-refractivity contribution in [1.82, 2.24) is 34.0 Å². The Balaban J connectivity index is 1.25. The summed E-state index contributed by atoms with van der Waals surface area (Å²) in [6, 6.07) is 2.43. The van der Waals surface area contributed by atoms with Crippen molar-refractivity contribution in [2.75, 3.05) is 25.1 Å². The maximum absolute atomic E-state index is 14.3. The summed E-state index contributed by atoms with van der Waals surface area (Å²) in [7, 11) is 0. The van der Waals surface area contributed by atoms with Gasteiger partial charge in [-0.1, -0.05) is 17.7 Å². The molecule has 2 aliphatic carbocycles. The van der Waals surface area contributed by atoms with E-state index in [0.717, 1.165) is 24.6 Å². The van der Waals surface area contributed by atoms with Crippen LogP contribution >= 0.6 is 11.6 Å². The zero-order chi connectivity index (χ0) is 36.2. The average molecular weight is 727 g/mol. The fraction of sp³-hybridized carbons (Fsp3) is 0.441. The minimum absolute atomic E-state index is 0.000489. The third kappa shape index (κ3) is 6.24. The molecule has 17 heteroatoms. The number of alkyl halides is 3. The number of ether oxygens (including phenoxy) is 1. The first-order chi connectivity index (χ1) is 24.4. The van der Waals surface area contributed by atoms with Crippen molar-refractivity contribution in [2.24, 2.45) is 5.92 Å². The molecule has 7 rings (SSSR count). The third-order valence-electron chi connectivity index (χ3n) is 10.0. The lowest BCUT2D eigenvalue weighted by Gasteiger charge is -2.46. The van der Waals surface area contributed by atoms with Gasteiger partial charge in [0.05, 0.1) is 35.2 Å². The molecule has 1 saturated carbocycles. The molecule has 0 radical (unpaired) electrons. The van der Waals surface area contributed by atoms with E-state index < -0.39 is 23.6 Å². The molecule has 3 atom stereocenters. The predicted molar refractivity (Wildman–Crippen MR) is 178 cm³/mol. The van der Waals surface area contributed by atoms with Crippen molar-refractivity contribution in [3.63, 3.8) is 0 Å². The molecular formula is C34H34ClF3N8O5. The molecule has 1 aromatic carbocycles. The first kappa shape index (κ1) is 34.6. The van der Waals surface area contributed by atoms with E-state index in [0.29, 0.717) is 55.7 Å². The normalized spacial score (nSPS) is 20.1. The minimum atomic E-state index is -4.60. The lowest BCUT2D eigenvalue weighted by atomic mass is 9.69. The van der Waals surface area contributed by atoms with Gasteiger partial charge in [-0.15, -0.1) is 5.10 Å². The third-order valence-corrected chi connectivity index (χ3v) is 10.4. The molecule has 4 aromatic rings. The number of anilines is 1. The van der Waals surface area contributed by atoms with Crippen LogP contribution in [0.25, 0.3) is 11.4 Å². The molecule has 13 nitrogen and oxygen atoms in total. The molecule has 1 fully saturated rings. The zero-order valence-electron chi connectivity index (χ0n) is 27.7. The Morgan fingerprint density at radius 1 is 1.20 bits per heavy atom. The Labute approximate surface area is 294 Å². The largest absolute Gasteiger partial charge is 0.504 e. The quantitative estimate of drug-likeness (QED) is 0.261. The number of nitrogens with zero attached hydrogens (tertiary/aromatic N) is 7. The van der Waals surface area contributed by atoms with E-state index in [1.54, 1.807) is 16.4 Å². The number of halogens is 4. The van der Waals surface area contributed by atoms with Gasteiger partial charge in [-0.3, -0.25) is 14.4 Å². The molecule has 2 N–H and O–H groups in total. The molecule has 0 saturated heterocycles. The average Bonchev–Trinajstić information content (AvgIpc) is 3.73. The zero-order valence-corrected chi connectivity index (χ0v) is 28.5. The Kier molecular flexibility index (Phi) is 9.08. The van der Waals surface area contributed by atoms with Gasteiger partial charge < -0.3 is 24.6 Å². The molecule has 3 unspecified atom stereocenters. The van der Waals surface area contributed by atoms with Gasteiger partial charge in [0, 0.05) is 29.4 Å². The number of carbonyl (C=O) groups excluding carboxylic acids is 2. The van der Waals surface area contributed by atoms with Crippen LogP contribution in [0, 0.1) is 12.8 Å². The maximum Gasteiger partial charge on any atom is 0.416 e. The van der Waals surface area contributed by atoms with Gasteiger partial charge in [0.1, 0.15) is 12.9 Å². The van der Waals surface area contributed by atoms with Crippen LogP contribution in [0.15, 0.2) is 35.4 Å². The summed E-state index contributed by atoms with van der Waals surface area (Å²) in [4.78, 5) is 55.8. The summed E-state index contributed by atoms with van der Waals surface area (Å²) < 4.78 is 48.0. The number of hydrogen-bond donors (Lipinski definition) is 2. The topological polar surface area (TPSA) is 157 Å². The van der Waals surface area contributed by atoms with Gasteiger partial charge in [0.2, 0.25) is 11.7 Å². The molecule has 268 valence electrons. The summed E-state index contributed by atoms with van der Waals surface area (Å²) in [5, 5.41) is 17.4. The molecule has 51 heavy (non-hydrogen) atoms. The number of aromatic nitrogens is 6. The summed E-state index contributed by atoms with van der Waals surface area (Å²) >= 11 is 6.13. The Bertz CT molecular complexity index is 2150. The summed E-state index contributed by atoms with van der Waals surface area (Å²) in [6.45, 7) is 4.25. The first-order valence-corrected chi connectivity index (χ1v) is 17.0. The monoisotopic (exact) mass is 726 g/mol. The SMILES string of the molecule is CCN(C(=O)c1ncnc(C)c1O)C1CCC1C1CCc2c1c(=O)n1nc(C3=CCCOC3)nc1n2CC(=O)Nc1ccc(C(F)(F)F)cc1Cl. The van der Waals surface area contributed by atoms with Gasteiger partial charge in [0.25, 0.3) is 11.5 Å². The second kappa shape index (κ2) is 13.4. The Hall–Kier alpha value is -4.83. The van der Waals surface area contributed by atoms with Gasteiger partial charge in [-0.25, -0.2) is 9.97 Å². The van der Waals surface area contributed by atoms with Crippen molar-refractivity contribution in [3.8, 4) is 5.75 Å². The highest BCUT2D eigenvalue weighted by Crippen LogP contribution is 2.48. The number of carbonyl (C=O) groups is 2. The van der Waals surface area contributed by atoms with Crippen LogP contribution in [-0.2, 0) is 28.7 Å². The number of benzene rings is 1. The van der Waals surface area contributed by atoms with E-state index in [4.69, 9.17) is 16.3 Å². The van der Waals surface area contributed by atoms with Crippen LogP contribution in [0.2, 0.25) is 5.02 Å². The van der Waals surface area contributed by atoms with E-state index in [9.17, 15) is 32.7 Å². The number of amides is 2. The molecule has 3 aromatic heterocycles. The molecule has 4 heterocycles. The first-order valence-electron chi connectivity index (χ1n) is 16.6. The Morgan fingerprint density at radius 2 is 2.00 bits per heavy atom. The summed E-state index contributed by atoms with van der Waals surface area (Å²) in [6.07, 6.45) is 1.65. The highest BCUT2D eigenvalue weighted by Gasteiger charge is 2.47. The number of aryl methyl sites for hydroxylation is 1. The lowest BCUT2D eigenvalue weighted by Crippen LogP contribution is -2.52.